The van der Waals surface area contributed by atoms with Gasteiger partial charge in [0.15, 0.2) is 0 Å². The summed E-state index contributed by atoms with van der Waals surface area (Å²) in [6.07, 6.45) is 6.71. The van der Waals surface area contributed by atoms with Gasteiger partial charge in [0.05, 0.1) is 0 Å². The van der Waals surface area contributed by atoms with E-state index in [2.05, 4.69) is 36.4 Å². The van der Waals surface area contributed by atoms with Crippen molar-refractivity contribution in [2.75, 3.05) is 6.61 Å². The number of unbranched alkanes of at least 4 members (excludes halogenated alkanes) is 3. The maximum absolute atomic E-state index is 9.11. The molecule has 0 radical (unpaired) electrons. The van der Waals surface area contributed by atoms with Gasteiger partial charge in [0.25, 0.3) is 0 Å². The monoisotopic (exact) mass is 296 g/mol. The van der Waals surface area contributed by atoms with Crippen molar-refractivity contribution in [2.45, 2.75) is 49.9 Å². The molecule has 1 saturated carbocycles. The highest BCUT2D eigenvalue weighted by molar-refractivity contribution is 14.1. The fraction of sp³-hybridized carbons (Fsp3) is 1.00. The molecule has 13 heavy (non-hydrogen) atoms. The summed E-state index contributed by atoms with van der Waals surface area (Å²) in [5.74, 6) is 0.578. The second kappa shape index (κ2) is 4.96. The third kappa shape index (κ3) is 2.58. The van der Waals surface area contributed by atoms with Crippen LogP contribution in [-0.4, -0.2) is 15.6 Å². The first-order valence-electron chi connectivity index (χ1n) is 5.41. The van der Waals surface area contributed by atoms with Gasteiger partial charge in [-0.3, -0.25) is 0 Å². The van der Waals surface area contributed by atoms with Crippen molar-refractivity contribution in [2.24, 2.45) is 11.3 Å². The summed E-state index contributed by atoms with van der Waals surface area (Å²) in [5, 5.41) is 9.11. The summed E-state index contributed by atoms with van der Waals surface area (Å²) < 4.78 is 0.719. The van der Waals surface area contributed by atoms with Crippen molar-refractivity contribution in [1.82, 2.24) is 0 Å². The third-order valence-corrected chi connectivity index (χ3v) is 5.78. The van der Waals surface area contributed by atoms with Gasteiger partial charge in [0, 0.05) is 16.4 Å². The molecule has 0 aromatic carbocycles. The second-order valence-corrected chi connectivity index (χ2v) is 5.85. The van der Waals surface area contributed by atoms with E-state index in [-0.39, 0.29) is 0 Å². The Labute approximate surface area is 95.4 Å². The fourth-order valence-corrected chi connectivity index (χ4v) is 3.77. The average Bonchev–Trinajstić information content (AvgIpc) is 2.64. The van der Waals surface area contributed by atoms with Crippen LogP contribution in [0.15, 0.2) is 0 Å². The maximum Gasteiger partial charge on any atom is 0.0475 e. The van der Waals surface area contributed by atoms with Gasteiger partial charge in [-0.25, -0.2) is 0 Å². The van der Waals surface area contributed by atoms with Crippen molar-refractivity contribution < 1.29 is 5.11 Å². The SMILES string of the molecule is CCCCCC[C@@]1(C)[C@H](CO)[C@@H]1I. The van der Waals surface area contributed by atoms with Gasteiger partial charge >= 0.3 is 0 Å². The second-order valence-electron chi connectivity index (χ2n) is 4.51. The van der Waals surface area contributed by atoms with Crippen LogP contribution in [0.5, 0.6) is 0 Å². The van der Waals surface area contributed by atoms with Gasteiger partial charge in [0.2, 0.25) is 0 Å². The van der Waals surface area contributed by atoms with Crippen LogP contribution in [0.2, 0.25) is 0 Å². The molecule has 0 amide bonds. The van der Waals surface area contributed by atoms with Gasteiger partial charge in [-0.1, -0.05) is 62.1 Å². The zero-order chi connectivity index (χ0) is 9.90. The molecule has 1 rings (SSSR count). The number of aliphatic hydroxyl groups is 1. The molecule has 0 aromatic rings. The van der Waals surface area contributed by atoms with Crippen molar-refractivity contribution in [3.8, 4) is 0 Å². The Hall–Kier alpha value is 0.690. The maximum atomic E-state index is 9.11. The van der Waals surface area contributed by atoms with Gasteiger partial charge in [-0.05, 0) is 11.8 Å². The van der Waals surface area contributed by atoms with E-state index in [9.17, 15) is 0 Å². The summed E-state index contributed by atoms with van der Waals surface area (Å²) in [4.78, 5) is 0. The topological polar surface area (TPSA) is 20.2 Å². The standard InChI is InChI=1S/C11H21IO/c1-3-4-5-6-7-11(2)9(8-13)10(11)12/h9-10,13H,3-8H2,1-2H3/t9-,10+,11+/m1/s1. The molecule has 3 atom stereocenters. The summed E-state index contributed by atoms with van der Waals surface area (Å²) in [6.45, 7) is 4.96. The highest BCUT2D eigenvalue weighted by Gasteiger charge is 2.58. The van der Waals surface area contributed by atoms with Crippen LogP contribution in [0, 0.1) is 11.3 Å². The highest BCUT2D eigenvalue weighted by atomic mass is 127. The minimum absolute atomic E-state index is 0.387. The Balaban J connectivity index is 2.15. The Bertz CT molecular complexity index is 160. The van der Waals surface area contributed by atoms with Crippen LogP contribution in [0.4, 0.5) is 0 Å². The van der Waals surface area contributed by atoms with E-state index in [1.807, 2.05) is 0 Å². The molecule has 0 spiro atoms. The summed E-state index contributed by atoms with van der Waals surface area (Å²) in [5.41, 5.74) is 0.461. The predicted molar refractivity (Wildman–Crippen MR) is 65.2 cm³/mol. The lowest BCUT2D eigenvalue weighted by atomic mass is 9.98. The van der Waals surface area contributed by atoms with Crippen LogP contribution < -0.4 is 0 Å². The predicted octanol–water partition coefficient (Wildman–Crippen LogP) is 3.39. The Kier molecular flexibility index (Phi) is 4.49. The highest BCUT2D eigenvalue weighted by Crippen LogP contribution is 2.60. The molecule has 0 heterocycles. The first-order chi connectivity index (χ1) is 6.16. The Morgan fingerprint density at radius 2 is 2.00 bits per heavy atom. The van der Waals surface area contributed by atoms with Crippen LogP contribution in [0.1, 0.15) is 46.0 Å². The van der Waals surface area contributed by atoms with Crippen LogP contribution in [0.3, 0.4) is 0 Å². The van der Waals surface area contributed by atoms with E-state index in [1.165, 1.54) is 32.1 Å². The van der Waals surface area contributed by atoms with Crippen molar-refractivity contribution in [3.05, 3.63) is 0 Å². The molecule has 0 bridgehead atoms. The zero-order valence-electron chi connectivity index (χ0n) is 8.72. The smallest absolute Gasteiger partial charge is 0.0475 e. The quantitative estimate of drug-likeness (QED) is 0.452. The van der Waals surface area contributed by atoms with Crippen LogP contribution in [-0.2, 0) is 0 Å². The van der Waals surface area contributed by atoms with E-state index in [0.29, 0.717) is 17.9 Å². The van der Waals surface area contributed by atoms with E-state index < -0.39 is 0 Å². The van der Waals surface area contributed by atoms with Gasteiger partial charge in [0.1, 0.15) is 0 Å². The van der Waals surface area contributed by atoms with E-state index in [0.717, 1.165) is 3.92 Å². The number of hydrogen-bond acceptors (Lipinski definition) is 1. The average molecular weight is 296 g/mol. The Morgan fingerprint density at radius 3 is 2.46 bits per heavy atom. The van der Waals surface area contributed by atoms with E-state index >= 15 is 0 Å². The Morgan fingerprint density at radius 1 is 1.31 bits per heavy atom. The summed E-state index contributed by atoms with van der Waals surface area (Å²) in [6, 6.07) is 0. The van der Waals surface area contributed by atoms with Crippen molar-refractivity contribution in [3.63, 3.8) is 0 Å². The minimum Gasteiger partial charge on any atom is -0.396 e. The van der Waals surface area contributed by atoms with Crippen molar-refractivity contribution >= 4 is 22.6 Å². The molecule has 1 N–H and O–H groups in total. The largest absolute Gasteiger partial charge is 0.396 e. The molecular formula is C11H21IO. The lowest BCUT2D eigenvalue weighted by Crippen LogP contribution is -2.01. The first kappa shape index (κ1) is 11.8. The molecule has 0 unspecified atom stereocenters. The molecule has 0 saturated heterocycles. The molecule has 2 heteroatoms. The molecule has 0 aromatic heterocycles. The third-order valence-electron chi connectivity index (χ3n) is 3.49. The minimum atomic E-state index is 0.387. The number of hydrogen-bond donors (Lipinski definition) is 1. The lowest BCUT2D eigenvalue weighted by Gasteiger charge is -2.09. The van der Waals surface area contributed by atoms with Crippen molar-refractivity contribution in [1.29, 1.82) is 0 Å². The summed E-state index contributed by atoms with van der Waals surface area (Å²) in [7, 11) is 0. The van der Waals surface area contributed by atoms with E-state index in [4.69, 9.17) is 5.11 Å². The molecule has 1 aliphatic rings. The van der Waals surface area contributed by atoms with E-state index in [1.54, 1.807) is 0 Å². The molecule has 1 nitrogen and oxygen atoms in total. The lowest BCUT2D eigenvalue weighted by molar-refractivity contribution is 0.248. The number of rotatable bonds is 6. The normalized spacial score (nSPS) is 37.8. The fourth-order valence-electron chi connectivity index (χ4n) is 2.16. The molecule has 0 aliphatic heterocycles. The van der Waals surface area contributed by atoms with Crippen LogP contribution in [0.25, 0.3) is 0 Å². The van der Waals surface area contributed by atoms with Gasteiger partial charge in [-0.2, -0.15) is 0 Å². The number of aliphatic hydroxyl groups excluding tert-OH is 1. The number of alkyl halides is 1. The first-order valence-corrected chi connectivity index (χ1v) is 6.66. The molecule has 1 aliphatic carbocycles. The summed E-state index contributed by atoms with van der Waals surface area (Å²) >= 11 is 2.50. The molecule has 78 valence electrons. The van der Waals surface area contributed by atoms with Gasteiger partial charge in [-0.15, -0.1) is 0 Å². The number of halogens is 1. The molecular weight excluding hydrogens is 275 g/mol. The van der Waals surface area contributed by atoms with Crippen LogP contribution >= 0.6 is 22.6 Å². The molecule has 1 fully saturated rings. The van der Waals surface area contributed by atoms with Gasteiger partial charge < -0.3 is 5.11 Å². The zero-order valence-corrected chi connectivity index (χ0v) is 10.9.